The van der Waals surface area contributed by atoms with Gasteiger partial charge in [0.25, 0.3) is 0 Å². The lowest BCUT2D eigenvalue weighted by atomic mass is 10.1. The maximum Gasteiger partial charge on any atom is 0.150 e. The molecule has 0 aliphatic rings. The first-order chi connectivity index (χ1) is 11.4. The molecule has 0 aliphatic carbocycles. The Hall–Kier alpha value is -2.59. The van der Waals surface area contributed by atoms with E-state index in [-0.39, 0.29) is 18.0 Å². The fraction of sp³-hybridized carbons (Fsp3) is 0.250. The van der Waals surface area contributed by atoms with Gasteiger partial charge in [0, 0.05) is 12.0 Å². The van der Waals surface area contributed by atoms with Crippen molar-refractivity contribution in [3.63, 3.8) is 0 Å². The Balaban J connectivity index is 0.000000379. The zero-order valence-electron chi connectivity index (χ0n) is 14.3. The minimum Gasteiger partial charge on any atom is -0.388 e. The Labute approximate surface area is 143 Å². The molecule has 0 aliphatic heterocycles. The van der Waals surface area contributed by atoms with Crippen LogP contribution in [-0.4, -0.2) is 23.0 Å². The smallest absolute Gasteiger partial charge is 0.150 e. The average Bonchev–Trinajstić information content (AvgIpc) is 2.56. The van der Waals surface area contributed by atoms with Crippen LogP contribution in [0, 0.1) is 0 Å². The van der Waals surface area contributed by atoms with Crippen molar-refractivity contribution in [3.8, 4) is 0 Å². The van der Waals surface area contributed by atoms with Gasteiger partial charge in [0.1, 0.15) is 17.9 Å². The Morgan fingerprint density at radius 1 is 0.917 bits per heavy atom. The third kappa shape index (κ3) is 12.0. The second kappa shape index (κ2) is 12.9. The highest BCUT2D eigenvalue weighted by Gasteiger charge is 2.08. The third-order valence-corrected chi connectivity index (χ3v) is 2.60. The van der Waals surface area contributed by atoms with Crippen molar-refractivity contribution >= 4 is 17.9 Å². The molecule has 0 radical (unpaired) electrons. The highest BCUT2D eigenvalue weighted by atomic mass is 16.3. The first-order valence-electron chi connectivity index (χ1n) is 7.56. The maximum atomic E-state index is 10.7. The zero-order valence-corrected chi connectivity index (χ0v) is 14.3. The Bertz CT molecular complexity index is 602. The summed E-state index contributed by atoms with van der Waals surface area (Å²) in [6.07, 6.45) is 0.382. The Morgan fingerprint density at radius 3 is 1.67 bits per heavy atom. The third-order valence-electron chi connectivity index (χ3n) is 2.60. The van der Waals surface area contributed by atoms with Gasteiger partial charge in [0.15, 0.2) is 0 Å². The maximum absolute atomic E-state index is 10.7. The zero-order chi connectivity index (χ0) is 18.4. The summed E-state index contributed by atoms with van der Waals surface area (Å²) in [5.41, 5.74) is 1.53. The fourth-order valence-electron chi connectivity index (χ4n) is 1.60. The minimum absolute atomic E-state index is 0.00588. The molecule has 0 saturated heterocycles. The summed E-state index contributed by atoms with van der Waals surface area (Å²) in [4.78, 5) is 30.1. The number of aldehydes is 1. The quantitative estimate of drug-likeness (QED) is 0.867. The number of carbonyl (C=O) groups is 3. The molecule has 0 heterocycles. The van der Waals surface area contributed by atoms with E-state index in [0.29, 0.717) is 0 Å². The Kier molecular flexibility index (Phi) is 11.5. The molecule has 0 spiro atoms. The summed E-state index contributed by atoms with van der Waals surface area (Å²) in [5.74, 6) is 0.173. The van der Waals surface area contributed by atoms with Crippen LogP contribution in [0.5, 0.6) is 0 Å². The van der Waals surface area contributed by atoms with Crippen LogP contribution in [0.15, 0.2) is 60.7 Å². The van der Waals surface area contributed by atoms with Crippen molar-refractivity contribution < 1.29 is 19.5 Å². The number of aliphatic hydroxyl groups excluding tert-OH is 1. The minimum atomic E-state index is -0.649. The van der Waals surface area contributed by atoms with Crippen molar-refractivity contribution in [2.45, 2.75) is 33.3 Å². The first-order valence-corrected chi connectivity index (χ1v) is 7.56. The number of rotatable bonds is 4. The summed E-state index contributed by atoms with van der Waals surface area (Å²) in [7, 11) is 0. The number of aliphatic hydroxyl groups is 1. The number of carbonyl (C=O) groups excluding carboxylic acids is 3. The van der Waals surface area contributed by atoms with Gasteiger partial charge in [-0.15, -0.1) is 0 Å². The molecule has 0 amide bonds. The summed E-state index contributed by atoms with van der Waals surface area (Å²) in [6.45, 7) is 4.53. The van der Waals surface area contributed by atoms with E-state index in [9.17, 15) is 19.5 Å². The SMILES string of the molecule is CC(=O)C[C@@H](O)c1ccccc1.CC(C)=O.O=Cc1ccccc1. The largest absolute Gasteiger partial charge is 0.388 e. The fourth-order valence-corrected chi connectivity index (χ4v) is 1.60. The van der Waals surface area contributed by atoms with Gasteiger partial charge in [0.05, 0.1) is 6.10 Å². The number of ketones is 2. The number of hydrogen-bond donors (Lipinski definition) is 1. The van der Waals surface area contributed by atoms with E-state index in [1.54, 1.807) is 12.1 Å². The molecule has 2 aromatic carbocycles. The van der Waals surface area contributed by atoms with Crippen LogP contribution in [0.1, 0.15) is 49.2 Å². The molecule has 4 nitrogen and oxygen atoms in total. The lowest BCUT2D eigenvalue weighted by Gasteiger charge is -2.07. The van der Waals surface area contributed by atoms with Gasteiger partial charge < -0.3 is 9.90 Å². The second-order valence-electron chi connectivity index (χ2n) is 5.27. The van der Waals surface area contributed by atoms with Crippen LogP contribution < -0.4 is 0 Å². The molecular formula is C20H24O4. The lowest BCUT2D eigenvalue weighted by Crippen LogP contribution is -2.02. The average molecular weight is 328 g/mol. The van der Waals surface area contributed by atoms with Gasteiger partial charge >= 0.3 is 0 Å². The van der Waals surface area contributed by atoms with E-state index in [1.165, 1.54) is 20.8 Å². The van der Waals surface area contributed by atoms with Gasteiger partial charge in [-0.25, -0.2) is 0 Å². The first kappa shape index (κ1) is 21.4. The van der Waals surface area contributed by atoms with Gasteiger partial charge in [0.2, 0.25) is 0 Å². The molecule has 24 heavy (non-hydrogen) atoms. The van der Waals surface area contributed by atoms with Crippen molar-refractivity contribution in [1.29, 1.82) is 0 Å². The molecule has 0 unspecified atom stereocenters. The molecule has 0 fully saturated rings. The Morgan fingerprint density at radius 2 is 1.33 bits per heavy atom. The molecule has 1 N–H and O–H groups in total. The van der Waals surface area contributed by atoms with Gasteiger partial charge in [-0.1, -0.05) is 60.7 Å². The van der Waals surface area contributed by atoms with E-state index in [0.717, 1.165) is 17.4 Å². The summed E-state index contributed by atoms with van der Waals surface area (Å²) in [6, 6.07) is 18.3. The number of benzene rings is 2. The molecule has 4 heteroatoms. The van der Waals surface area contributed by atoms with Crippen molar-refractivity contribution in [1.82, 2.24) is 0 Å². The monoisotopic (exact) mass is 328 g/mol. The van der Waals surface area contributed by atoms with Crippen LogP contribution in [-0.2, 0) is 9.59 Å². The van der Waals surface area contributed by atoms with E-state index < -0.39 is 6.10 Å². The predicted molar refractivity (Wildman–Crippen MR) is 94.9 cm³/mol. The molecule has 0 bridgehead atoms. The second-order valence-corrected chi connectivity index (χ2v) is 5.27. The molecule has 2 aromatic rings. The highest BCUT2D eigenvalue weighted by Crippen LogP contribution is 2.15. The van der Waals surface area contributed by atoms with Crippen molar-refractivity contribution in [3.05, 3.63) is 71.8 Å². The van der Waals surface area contributed by atoms with Gasteiger partial charge in [-0.2, -0.15) is 0 Å². The van der Waals surface area contributed by atoms with E-state index >= 15 is 0 Å². The van der Waals surface area contributed by atoms with Crippen LogP contribution in [0.4, 0.5) is 0 Å². The van der Waals surface area contributed by atoms with Crippen molar-refractivity contribution in [2.24, 2.45) is 0 Å². The van der Waals surface area contributed by atoms with Gasteiger partial charge in [-0.3, -0.25) is 9.59 Å². The normalized spacial score (nSPS) is 10.2. The molecular weight excluding hydrogens is 304 g/mol. The molecule has 0 saturated carbocycles. The number of Topliss-reactive ketones (excluding diaryl/α,β-unsaturated/α-hetero) is 2. The molecule has 1 atom stereocenters. The molecule has 128 valence electrons. The van der Waals surface area contributed by atoms with Crippen LogP contribution in [0.3, 0.4) is 0 Å². The van der Waals surface area contributed by atoms with Gasteiger partial charge in [-0.05, 0) is 26.3 Å². The van der Waals surface area contributed by atoms with Crippen molar-refractivity contribution in [2.75, 3.05) is 0 Å². The van der Waals surface area contributed by atoms with Crippen LogP contribution in [0.2, 0.25) is 0 Å². The number of hydrogen-bond acceptors (Lipinski definition) is 4. The highest BCUT2D eigenvalue weighted by molar-refractivity contribution is 5.76. The lowest BCUT2D eigenvalue weighted by molar-refractivity contribution is -0.119. The molecule has 0 aromatic heterocycles. The van der Waals surface area contributed by atoms with E-state index in [4.69, 9.17) is 0 Å². The van der Waals surface area contributed by atoms with Crippen LogP contribution in [0.25, 0.3) is 0 Å². The van der Waals surface area contributed by atoms with Crippen LogP contribution >= 0.6 is 0 Å². The molecule has 2 rings (SSSR count). The van der Waals surface area contributed by atoms with E-state index in [1.807, 2.05) is 48.5 Å². The predicted octanol–water partition coefficient (Wildman–Crippen LogP) is 3.79. The van der Waals surface area contributed by atoms with E-state index in [2.05, 4.69) is 0 Å². The summed E-state index contributed by atoms with van der Waals surface area (Å²) < 4.78 is 0. The summed E-state index contributed by atoms with van der Waals surface area (Å²) >= 11 is 0. The summed E-state index contributed by atoms with van der Waals surface area (Å²) in [5, 5.41) is 9.47. The standard InChI is InChI=1S/C10H12O2.C7H6O.C3H6O/c1-8(11)7-10(12)9-5-3-2-4-6-9;8-6-7-4-2-1-3-5-7;1-3(2)4/h2-6,10,12H,7H2,1H3;1-6H;1-2H3/t10-;;/m1../s1. The topological polar surface area (TPSA) is 71.4 Å².